The molecular weight excluding hydrogens is 510 g/mol. The van der Waals surface area contributed by atoms with Crippen LogP contribution in [0, 0.1) is 18.3 Å². The van der Waals surface area contributed by atoms with Crippen molar-refractivity contribution in [1.82, 2.24) is 0 Å². The second kappa shape index (κ2) is 10.9. The van der Waals surface area contributed by atoms with E-state index in [1.54, 1.807) is 0 Å². The maximum absolute atomic E-state index is 3.74. The van der Waals surface area contributed by atoms with Gasteiger partial charge in [0.1, 0.15) is 0 Å². The molecule has 208 valence electrons. The molecule has 3 unspecified atom stereocenters. The third-order valence-electron chi connectivity index (χ3n) is 8.74. The first kappa shape index (κ1) is 26.2. The SMILES string of the molecule is Cc1cccc(N(C2=CCC(Nc3ccc(N(C4=CC=CC5(C)CC45)c4ccccc4)cc3)C=C2)c2ccccc2)c1. The number of nitrogens with one attached hydrogen (secondary N) is 1. The Morgan fingerprint density at radius 3 is 2.07 bits per heavy atom. The summed E-state index contributed by atoms with van der Waals surface area (Å²) in [6.45, 7) is 4.52. The van der Waals surface area contributed by atoms with Crippen LogP contribution in [0.3, 0.4) is 0 Å². The number of hydrogen-bond acceptors (Lipinski definition) is 3. The third kappa shape index (κ3) is 5.19. The summed E-state index contributed by atoms with van der Waals surface area (Å²) >= 11 is 0. The fraction of sp³-hybridized carbons (Fsp3) is 0.179. The molecule has 3 aliphatic carbocycles. The van der Waals surface area contributed by atoms with Gasteiger partial charge in [0.15, 0.2) is 0 Å². The first-order chi connectivity index (χ1) is 20.6. The number of anilines is 5. The molecule has 3 atom stereocenters. The van der Waals surface area contributed by atoms with Crippen LogP contribution in [0.5, 0.6) is 0 Å². The molecule has 1 saturated carbocycles. The van der Waals surface area contributed by atoms with E-state index in [0.717, 1.165) is 12.1 Å². The second-order valence-corrected chi connectivity index (χ2v) is 11.9. The van der Waals surface area contributed by atoms with Crippen molar-refractivity contribution < 1.29 is 0 Å². The maximum atomic E-state index is 3.74. The van der Waals surface area contributed by atoms with Gasteiger partial charge in [0.2, 0.25) is 0 Å². The molecule has 4 aromatic rings. The number of fused-ring (bicyclic) bond motifs is 1. The lowest BCUT2D eigenvalue weighted by molar-refractivity contribution is 0.663. The number of benzene rings is 4. The van der Waals surface area contributed by atoms with Gasteiger partial charge in [-0.15, -0.1) is 0 Å². The van der Waals surface area contributed by atoms with Crippen LogP contribution in [-0.4, -0.2) is 6.04 Å². The van der Waals surface area contributed by atoms with Gasteiger partial charge in [-0.25, -0.2) is 0 Å². The summed E-state index contributed by atoms with van der Waals surface area (Å²) in [6.07, 6.45) is 15.9. The van der Waals surface area contributed by atoms with E-state index in [0.29, 0.717) is 11.3 Å². The van der Waals surface area contributed by atoms with Crippen LogP contribution in [0.4, 0.5) is 28.4 Å². The van der Waals surface area contributed by atoms with Crippen LogP contribution >= 0.6 is 0 Å². The molecule has 3 heteroatoms. The highest BCUT2D eigenvalue weighted by Crippen LogP contribution is 2.60. The Morgan fingerprint density at radius 2 is 1.40 bits per heavy atom. The van der Waals surface area contributed by atoms with Crippen LogP contribution < -0.4 is 15.1 Å². The van der Waals surface area contributed by atoms with Crippen molar-refractivity contribution >= 4 is 28.4 Å². The Bertz CT molecular complexity index is 1680. The standard InChI is InChI=1S/C39H37N3/c1-29-11-9-16-36(27-29)41(32-12-5-3-6-13-32)34-22-18-30(19-23-34)40-31-20-24-35(25-21-31)42(33-14-7-4-8-15-33)38-17-10-26-39(2)28-37(38)39/h3-18,20-27,30,37,40H,19,28H2,1-2H3. The molecular formula is C39H37N3. The molecule has 3 nitrogen and oxygen atoms in total. The lowest BCUT2D eigenvalue weighted by Gasteiger charge is -2.31. The average molecular weight is 548 g/mol. The molecule has 0 saturated heterocycles. The van der Waals surface area contributed by atoms with Crippen LogP contribution in [0.2, 0.25) is 0 Å². The Balaban J connectivity index is 1.09. The fourth-order valence-electron chi connectivity index (χ4n) is 6.34. The van der Waals surface area contributed by atoms with E-state index in [2.05, 4.69) is 175 Å². The minimum atomic E-state index is 0.235. The Labute approximate surface area is 249 Å². The van der Waals surface area contributed by atoms with Crippen molar-refractivity contribution in [2.75, 3.05) is 15.1 Å². The summed E-state index contributed by atoms with van der Waals surface area (Å²) in [4.78, 5) is 4.77. The van der Waals surface area contributed by atoms with Crippen molar-refractivity contribution in [3.05, 3.63) is 163 Å². The van der Waals surface area contributed by atoms with Gasteiger partial charge in [-0.1, -0.05) is 79.8 Å². The van der Waals surface area contributed by atoms with E-state index in [1.165, 1.54) is 46.1 Å². The normalized spacial score (nSPS) is 22.0. The first-order valence-electron chi connectivity index (χ1n) is 15.0. The van der Waals surface area contributed by atoms with E-state index in [4.69, 9.17) is 0 Å². The lowest BCUT2D eigenvalue weighted by Crippen LogP contribution is -2.23. The number of para-hydroxylation sites is 2. The highest BCUT2D eigenvalue weighted by molar-refractivity contribution is 5.73. The quantitative estimate of drug-likeness (QED) is 0.237. The number of aryl methyl sites for hydroxylation is 1. The summed E-state index contributed by atoms with van der Waals surface area (Å²) in [5, 5.41) is 3.74. The predicted molar refractivity (Wildman–Crippen MR) is 177 cm³/mol. The van der Waals surface area contributed by atoms with Gasteiger partial charge in [-0.2, -0.15) is 0 Å². The number of nitrogens with zero attached hydrogens (tertiary/aromatic N) is 2. The summed E-state index contributed by atoms with van der Waals surface area (Å²) in [5.41, 5.74) is 10.0. The van der Waals surface area contributed by atoms with Crippen molar-refractivity contribution in [3.63, 3.8) is 0 Å². The molecule has 3 aliphatic rings. The van der Waals surface area contributed by atoms with Gasteiger partial charge in [0, 0.05) is 51.8 Å². The molecule has 0 heterocycles. The van der Waals surface area contributed by atoms with Gasteiger partial charge >= 0.3 is 0 Å². The lowest BCUT2D eigenvalue weighted by atomic mass is 9.98. The minimum absolute atomic E-state index is 0.235. The first-order valence-corrected chi connectivity index (χ1v) is 15.0. The molecule has 1 fully saturated rings. The number of rotatable bonds is 8. The minimum Gasteiger partial charge on any atom is -0.379 e. The zero-order valence-electron chi connectivity index (χ0n) is 24.3. The van der Waals surface area contributed by atoms with Gasteiger partial charge < -0.3 is 15.1 Å². The summed E-state index contributed by atoms with van der Waals surface area (Å²) < 4.78 is 0. The number of allylic oxidation sites excluding steroid dienone is 5. The molecule has 7 rings (SSSR count). The largest absolute Gasteiger partial charge is 0.379 e. The molecule has 0 amide bonds. The molecule has 0 bridgehead atoms. The van der Waals surface area contributed by atoms with Crippen LogP contribution in [0.1, 0.15) is 25.3 Å². The molecule has 0 aromatic heterocycles. The zero-order valence-corrected chi connectivity index (χ0v) is 24.3. The molecule has 4 aromatic carbocycles. The third-order valence-corrected chi connectivity index (χ3v) is 8.74. The maximum Gasteiger partial charge on any atom is 0.0483 e. The monoisotopic (exact) mass is 547 g/mol. The van der Waals surface area contributed by atoms with Gasteiger partial charge in [0.05, 0.1) is 0 Å². The average Bonchev–Trinajstić information content (AvgIpc) is 3.73. The fourth-order valence-corrected chi connectivity index (χ4v) is 6.34. The van der Waals surface area contributed by atoms with Crippen LogP contribution in [-0.2, 0) is 0 Å². The van der Waals surface area contributed by atoms with Crippen LogP contribution in [0.15, 0.2) is 157 Å². The Morgan fingerprint density at radius 1 is 0.738 bits per heavy atom. The van der Waals surface area contributed by atoms with Crippen molar-refractivity contribution in [3.8, 4) is 0 Å². The predicted octanol–water partition coefficient (Wildman–Crippen LogP) is 10.1. The summed E-state index contributed by atoms with van der Waals surface area (Å²) in [7, 11) is 0. The smallest absolute Gasteiger partial charge is 0.0483 e. The van der Waals surface area contributed by atoms with Gasteiger partial charge in [-0.05, 0) is 104 Å². The molecule has 0 spiro atoms. The zero-order chi connectivity index (χ0) is 28.5. The Hall–Kier alpha value is -4.76. The van der Waals surface area contributed by atoms with E-state index in [1.807, 2.05) is 0 Å². The van der Waals surface area contributed by atoms with Crippen molar-refractivity contribution in [2.24, 2.45) is 11.3 Å². The van der Waals surface area contributed by atoms with Gasteiger partial charge in [-0.3, -0.25) is 0 Å². The van der Waals surface area contributed by atoms with E-state index in [-0.39, 0.29) is 6.04 Å². The second-order valence-electron chi connectivity index (χ2n) is 11.9. The highest BCUT2D eigenvalue weighted by atomic mass is 15.2. The number of hydrogen-bond donors (Lipinski definition) is 1. The topological polar surface area (TPSA) is 18.5 Å². The van der Waals surface area contributed by atoms with E-state index >= 15 is 0 Å². The van der Waals surface area contributed by atoms with Gasteiger partial charge in [0.25, 0.3) is 0 Å². The van der Waals surface area contributed by atoms with Crippen LogP contribution in [0.25, 0.3) is 0 Å². The molecule has 0 radical (unpaired) electrons. The summed E-state index contributed by atoms with van der Waals surface area (Å²) in [6, 6.07) is 39.2. The van der Waals surface area contributed by atoms with Crippen molar-refractivity contribution in [1.29, 1.82) is 0 Å². The highest BCUT2D eigenvalue weighted by Gasteiger charge is 2.52. The van der Waals surface area contributed by atoms with Crippen molar-refractivity contribution in [2.45, 2.75) is 32.7 Å². The summed E-state index contributed by atoms with van der Waals surface area (Å²) in [5.74, 6) is 0.573. The Kier molecular flexibility index (Phi) is 6.79. The molecule has 42 heavy (non-hydrogen) atoms. The molecule has 1 N–H and O–H groups in total. The van der Waals surface area contributed by atoms with E-state index in [9.17, 15) is 0 Å². The molecule has 0 aliphatic heterocycles. The van der Waals surface area contributed by atoms with E-state index < -0.39 is 0 Å².